The van der Waals surface area contributed by atoms with Crippen LogP contribution in [-0.4, -0.2) is 43.9 Å². The zero-order valence-corrected chi connectivity index (χ0v) is 11.5. The van der Waals surface area contributed by atoms with Gasteiger partial charge >= 0.3 is 0 Å². The topological polar surface area (TPSA) is 32.7 Å². The molecule has 0 bridgehead atoms. The Balaban J connectivity index is 2.29. The molecule has 1 aromatic rings. The highest BCUT2D eigenvalue weighted by atomic mass is 16.5. The van der Waals surface area contributed by atoms with Crippen molar-refractivity contribution < 1.29 is 9.84 Å². The number of aliphatic hydroxyl groups is 1. The van der Waals surface area contributed by atoms with E-state index in [0.717, 1.165) is 6.42 Å². The van der Waals surface area contributed by atoms with Crippen LogP contribution in [0.25, 0.3) is 0 Å². The van der Waals surface area contributed by atoms with E-state index in [9.17, 15) is 5.11 Å². The Morgan fingerprint density at radius 2 is 1.89 bits per heavy atom. The van der Waals surface area contributed by atoms with Crippen LogP contribution in [0.3, 0.4) is 0 Å². The summed E-state index contributed by atoms with van der Waals surface area (Å²) < 4.78 is 5.34. The summed E-state index contributed by atoms with van der Waals surface area (Å²) >= 11 is 0. The number of ether oxygens (including phenoxy) is 1. The Hall–Kier alpha value is -0.900. The van der Waals surface area contributed by atoms with Gasteiger partial charge in [0.1, 0.15) is 0 Å². The molecule has 0 radical (unpaired) electrons. The van der Waals surface area contributed by atoms with Crippen molar-refractivity contribution in [2.24, 2.45) is 5.41 Å². The highest BCUT2D eigenvalue weighted by molar-refractivity contribution is 5.27. The molecule has 1 atom stereocenters. The molecule has 1 heterocycles. The lowest BCUT2D eigenvalue weighted by Crippen LogP contribution is -2.53. The summed E-state index contributed by atoms with van der Waals surface area (Å²) in [5, 5.41) is 9.71. The zero-order chi connectivity index (χ0) is 13.2. The van der Waals surface area contributed by atoms with Crippen LogP contribution in [-0.2, 0) is 11.2 Å². The Morgan fingerprint density at radius 3 is 2.22 bits per heavy atom. The molecule has 0 spiro atoms. The van der Waals surface area contributed by atoms with E-state index in [1.165, 1.54) is 11.1 Å². The maximum absolute atomic E-state index is 9.71. The number of hydrogen-bond acceptors (Lipinski definition) is 3. The van der Waals surface area contributed by atoms with E-state index in [1.807, 2.05) is 0 Å². The number of rotatable bonds is 5. The van der Waals surface area contributed by atoms with Gasteiger partial charge in [-0.2, -0.15) is 0 Å². The average molecular weight is 249 g/mol. The molecule has 0 saturated carbocycles. The second kappa shape index (κ2) is 5.39. The molecule has 0 aliphatic carbocycles. The molecule has 1 aliphatic rings. The third-order valence-corrected chi connectivity index (χ3v) is 3.89. The summed E-state index contributed by atoms with van der Waals surface area (Å²) in [5.74, 6) is 0. The van der Waals surface area contributed by atoms with Crippen LogP contribution in [0.1, 0.15) is 24.1 Å². The first kappa shape index (κ1) is 13.5. The van der Waals surface area contributed by atoms with Gasteiger partial charge in [-0.15, -0.1) is 0 Å². The average Bonchev–Trinajstić information content (AvgIpc) is 2.33. The van der Waals surface area contributed by atoms with Crippen LogP contribution >= 0.6 is 0 Å². The molecule has 100 valence electrons. The van der Waals surface area contributed by atoms with Gasteiger partial charge in [0.05, 0.1) is 25.2 Å². The van der Waals surface area contributed by atoms with Gasteiger partial charge in [-0.3, -0.25) is 0 Å². The van der Waals surface area contributed by atoms with E-state index >= 15 is 0 Å². The van der Waals surface area contributed by atoms with Crippen LogP contribution < -0.4 is 0 Å². The van der Waals surface area contributed by atoms with Gasteiger partial charge in [0.15, 0.2) is 0 Å². The first-order valence-corrected chi connectivity index (χ1v) is 6.57. The maximum Gasteiger partial charge on any atom is 0.0598 e. The molecule has 0 amide bonds. The van der Waals surface area contributed by atoms with E-state index in [0.29, 0.717) is 13.2 Å². The van der Waals surface area contributed by atoms with Crippen molar-refractivity contribution in [3.8, 4) is 0 Å². The lowest BCUT2D eigenvalue weighted by molar-refractivity contribution is -0.172. The smallest absolute Gasteiger partial charge is 0.0598 e. The molecule has 1 N–H and O–H groups in total. The van der Waals surface area contributed by atoms with Crippen LogP contribution in [0.4, 0.5) is 0 Å². The highest BCUT2D eigenvalue weighted by Crippen LogP contribution is 2.43. The van der Waals surface area contributed by atoms with Crippen LogP contribution in [0.15, 0.2) is 24.3 Å². The minimum absolute atomic E-state index is 0.142. The molecule has 2 rings (SSSR count). The lowest BCUT2D eigenvalue weighted by Gasteiger charge is -2.48. The molecule has 1 fully saturated rings. The predicted octanol–water partition coefficient (Wildman–Crippen LogP) is 1.86. The quantitative estimate of drug-likeness (QED) is 0.864. The van der Waals surface area contributed by atoms with Gasteiger partial charge in [-0.05, 0) is 31.6 Å². The third kappa shape index (κ3) is 2.30. The van der Waals surface area contributed by atoms with Crippen molar-refractivity contribution in [3.05, 3.63) is 35.4 Å². The van der Waals surface area contributed by atoms with Gasteiger partial charge < -0.3 is 14.7 Å². The van der Waals surface area contributed by atoms with Crippen molar-refractivity contribution in [1.82, 2.24) is 4.90 Å². The summed E-state index contributed by atoms with van der Waals surface area (Å²) in [4.78, 5) is 2.18. The van der Waals surface area contributed by atoms with Crippen molar-refractivity contribution in [2.75, 3.05) is 33.9 Å². The van der Waals surface area contributed by atoms with E-state index < -0.39 is 0 Å². The molecule has 18 heavy (non-hydrogen) atoms. The SMILES string of the molecule is CCc1ccc(C(N(C)C)C2(CO)COC2)cc1. The predicted molar refractivity (Wildman–Crippen MR) is 72.6 cm³/mol. The van der Waals surface area contributed by atoms with Crippen molar-refractivity contribution in [1.29, 1.82) is 0 Å². The van der Waals surface area contributed by atoms with Gasteiger partial charge in [0, 0.05) is 6.04 Å². The fourth-order valence-electron chi connectivity index (χ4n) is 2.83. The molecule has 3 heteroatoms. The third-order valence-electron chi connectivity index (χ3n) is 3.89. The zero-order valence-electron chi connectivity index (χ0n) is 11.5. The van der Waals surface area contributed by atoms with Gasteiger partial charge in [0.2, 0.25) is 0 Å². The maximum atomic E-state index is 9.71. The van der Waals surface area contributed by atoms with Crippen LogP contribution in [0, 0.1) is 5.41 Å². The van der Waals surface area contributed by atoms with Crippen molar-refractivity contribution in [2.45, 2.75) is 19.4 Å². The molecule has 1 aromatic carbocycles. The molecular formula is C15H23NO2. The first-order chi connectivity index (χ1) is 8.63. The number of benzene rings is 1. The molecule has 1 unspecified atom stereocenters. The summed E-state index contributed by atoms with van der Waals surface area (Å²) in [6.45, 7) is 3.61. The Labute approximate surface area is 109 Å². The van der Waals surface area contributed by atoms with E-state index in [2.05, 4.69) is 50.2 Å². The number of aryl methyl sites for hydroxylation is 1. The number of hydrogen-bond donors (Lipinski definition) is 1. The number of nitrogens with zero attached hydrogens (tertiary/aromatic N) is 1. The van der Waals surface area contributed by atoms with Gasteiger partial charge in [-0.25, -0.2) is 0 Å². The molecule has 1 saturated heterocycles. The monoisotopic (exact) mass is 249 g/mol. The van der Waals surface area contributed by atoms with Crippen LogP contribution in [0.2, 0.25) is 0 Å². The Bertz CT molecular complexity index is 376. The second-order valence-electron chi connectivity index (χ2n) is 5.47. The van der Waals surface area contributed by atoms with Crippen molar-refractivity contribution in [3.63, 3.8) is 0 Å². The largest absolute Gasteiger partial charge is 0.396 e. The summed E-state index contributed by atoms with van der Waals surface area (Å²) in [6, 6.07) is 8.92. The van der Waals surface area contributed by atoms with Gasteiger partial charge in [0.25, 0.3) is 0 Å². The van der Waals surface area contributed by atoms with Crippen LogP contribution in [0.5, 0.6) is 0 Å². The minimum Gasteiger partial charge on any atom is -0.396 e. The van der Waals surface area contributed by atoms with E-state index in [-0.39, 0.29) is 18.1 Å². The second-order valence-corrected chi connectivity index (χ2v) is 5.47. The summed E-state index contributed by atoms with van der Waals surface area (Å²) in [5.41, 5.74) is 2.46. The molecule has 0 aromatic heterocycles. The van der Waals surface area contributed by atoms with E-state index in [1.54, 1.807) is 0 Å². The molecule has 3 nitrogen and oxygen atoms in total. The lowest BCUT2D eigenvalue weighted by atomic mass is 9.75. The Morgan fingerprint density at radius 1 is 1.28 bits per heavy atom. The fourth-order valence-corrected chi connectivity index (χ4v) is 2.83. The normalized spacial score (nSPS) is 19.6. The Kier molecular flexibility index (Phi) is 4.05. The molecule has 1 aliphatic heterocycles. The van der Waals surface area contributed by atoms with Crippen molar-refractivity contribution >= 4 is 0 Å². The number of aliphatic hydroxyl groups excluding tert-OH is 1. The van der Waals surface area contributed by atoms with Gasteiger partial charge in [-0.1, -0.05) is 31.2 Å². The summed E-state index contributed by atoms with van der Waals surface area (Å²) in [7, 11) is 4.13. The van der Waals surface area contributed by atoms with E-state index in [4.69, 9.17) is 4.74 Å². The molecular weight excluding hydrogens is 226 g/mol. The fraction of sp³-hybridized carbons (Fsp3) is 0.600. The minimum atomic E-state index is -0.142. The summed E-state index contributed by atoms with van der Waals surface area (Å²) in [6.07, 6.45) is 1.06. The standard InChI is InChI=1S/C15H23NO2/c1-4-12-5-7-13(8-6-12)14(16(2)3)15(9-17)10-18-11-15/h5-8,14,17H,4,9-11H2,1-3H3. The highest BCUT2D eigenvalue weighted by Gasteiger charge is 2.47. The first-order valence-electron chi connectivity index (χ1n) is 6.57.